The Hall–Kier alpha value is 1.85. The van der Waals surface area contributed by atoms with Crippen LogP contribution in [0.5, 0.6) is 0 Å². The third-order valence-electron chi connectivity index (χ3n) is 0.189. The molecule has 0 aromatic rings. The zero-order chi connectivity index (χ0) is 3.41. The molecule has 0 amide bonds. The molecule has 24 valence electrons. The van der Waals surface area contributed by atoms with E-state index in [4.69, 9.17) is 8.25 Å². The number of halogens is 1. The van der Waals surface area contributed by atoms with Crippen molar-refractivity contribution in [2.24, 2.45) is 0 Å². The van der Waals surface area contributed by atoms with Crippen molar-refractivity contribution in [2.45, 2.75) is 10.9 Å². The molecule has 0 radical (unpaired) electrons. The molecular formula is C2H5ClHgZn. The molecule has 0 fully saturated rings. The van der Waals surface area contributed by atoms with Crippen LogP contribution in [0.2, 0.25) is 3.93 Å². The van der Waals surface area contributed by atoms with Gasteiger partial charge in [-0.25, -0.2) is 0 Å². The molecule has 0 unspecified atom stereocenters. The number of rotatable bonds is 1. The quantitative estimate of drug-likeness (QED) is 0.642. The molecule has 0 nitrogen and oxygen atoms in total. The third-order valence-corrected chi connectivity index (χ3v) is 4.97. The molecule has 0 saturated heterocycles. The summed E-state index contributed by atoms with van der Waals surface area (Å²) < 4.78 is 1.31. The maximum atomic E-state index is 5.41. The Morgan fingerprint density at radius 3 is 2.00 bits per heavy atom. The minimum Gasteiger partial charge on any atom is 0 e. The van der Waals surface area contributed by atoms with Gasteiger partial charge in [0.25, 0.3) is 0 Å². The molecule has 0 aromatic heterocycles. The summed E-state index contributed by atoms with van der Waals surface area (Å²) in [5, 5.41) is 0. The maximum Gasteiger partial charge on any atom is 0 e. The van der Waals surface area contributed by atoms with Crippen LogP contribution in [-0.4, -0.2) is 0 Å². The summed E-state index contributed by atoms with van der Waals surface area (Å²) in [6.07, 6.45) is 0. The molecule has 0 aliphatic carbocycles. The van der Waals surface area contributed by atoms with E-state index in [1.165, 1.54) is 3.93 Å². The van der Waals surface area contributed by atoms with Crippen LogP contribution in [0.15, 0.2) is 0 Å². The predicted octanol–water partition coefficient (Wildman–Crippen LogP) is 1.66. The monoisotopic (exact) mass is 330 g/mol. The predicted molar refractivity (Wildman–Crippen MR) is 16.3 cm³/mol. The second-order valence-corrected chi connectivity index (χ2v) is 9.36. The first-order valence-electron chi connectivity index (χ1n) is 1.47. The summed E-state index contributed by atoms with van der Waals surface area (Å²) >= 11 is -0.640. The molecule has 0 N–H and O–H groups in total. The Kier molecular flexibility index (Phi) is 18.5. The Morgan fingerprint density at radius 2 is 2.00 bits per heavy atom. The summed E-state index contributed by atoms with van der Waals surface area (Å²) in [4.78, 5) is 0. The largest absolute Gasteiger partial charge is 0 e. The zero-order valence-electron chi connectivity index (χ0n) is 3.50. The molecule has 0 atom stereocenters. The van der Waals surface area contributed by atoms with Crippen LogP contribution in [0.3, 0.4) is 0 Å². The molecular weight excluding hydrogens is 325 g/mol. The molecule has 0 spiro atoms. The number of hydrogen-bond donors (Lipinski definition) is 0. The van der Waals surface area contributed by atoms with Crippen molar-refractivity contribution in [3.05, 3.63) is 0 Å². The maximum absolute atomic E-state index is 5.41. The van der Waals surface area contributed by atoms with E-state index in [0.29, 0.717) is 0 Å². The second-order valence-electron chi connectivity index (χ2n) is 0.689. The minimum atomic E-state index is -0.640. The average molecular weight is 330 g/mol. The third kappa shape index (κ3) is 10.7. The fourth-order valence-corrected chi connectivity index (χ4v) is 0. The Labute approximate surface area is 61.3 Å². The standard InChI is InChI=1S/C2H5.ClH.Hg.Zn/c1-2;;;/h1H2,2H3;1H;;/q;;+1;/p-1. The van der Waals surface area contributed by atoms with Gasteiger partial charge >= 0.3 is 42.4 Å². The molecule has 0 aromatic carbocycles. The molecule has 3 heteroatoms. The van der Waals surface area contributed by atoms with Gasteiger partial charge < -0.3 is 0 Å². The van der Waals surface area contributed by atoms with Crippen molar-refractivity contribution in [2.75, 3.05) is 0 Å². The molecule has 0 saturated carbocycles. The molecule has 0 bridgehead atoms. The van der Waals surface area contributed by atoms with Gasteiger partial charge in [-0.1, -0.05) is 0 Å². The summed E-state index contributed by atoms with van der Waals surface area (Å²) in [5.41, 5.74) is 0. The van der Waals surface area contributed by atoms with Crippen LogP contribution in [0.25, 0.3) is 0 Å². The van der Waals surface area contributed by atoms with Gasteiger partial charge in [0.2, 0.25) is 0 Å². The normalized spacial score (nSPS) is 4.40. The fraction of sp³-hybridized carbons (Fsp3) is 1.00. The van der Waals surface area contributed by atoms with Gasteiger partial charge in [-0.05, 0) is 0 Å². The molecule has 0 heterocycles. The summed E-state index contributed by atoms with van der Waals surface area (Å²) in [5.74, 6) is 0. The van der Waals surface area contributed by atoms with Crippen LogP contribution in [-0.2, 0) is 42.8 Å². The van der Waals surface area contributed by atoms with Crippen molar-refractivity contribution in [1.29, 1.82) is 0 Å². The first kappa shape index (κ1) is 9.96. The SMILES string of the molecule is C[CH2][Hg][Cl].[Zn]. The van der Waals surface area contributed by atoms with Gasteiger partial charge in [0, 0.05) is 19.5 Å². The first-order chi connectivity index (χ1) is 1.91. The van der Waals surface area contributed by atoms with Crippen LogP contribution >= 0.6 is 8.25 Å². The summed E-state index contributed by atoms with van der Waals surface area (Å²) in [6.45, 7) is 2.15. The van der Waals surface area contributed by atoms with E-state index < -0.39 is 23.3 Å². The van der Waals surface area contributed by atoms with Crippen molar-refractivity contribution in [3.8, 4) is 0 Å². The van der Waals surface area contributed by atoms with E-state index in [0.717, 1.165) is 0 Å². The van der Waals surface area contributed by atoms with Gasteiger partial charge in [-0.2, -0.15) is 0 Å². The van der Waals surface area contributed by atoms with Crippen LogP contribution in [0.4, 0.5) is 0 Å². The van der Waals surface area contributed by atoms with Gasteiger partial charge in [-0.3, -0.25) is 0 Å². The smallest absolute Gasteiger partial charge is 0 e. The second kappa shape index (κ2) is 9.28. The Balaban J connectivity index is 0. The minimum absolute atomic E-state index is 0. The molecule has 0 rings (SSSR count). The van der Waals surface area contributed by atoms with Crippen molar-refractivity contribution < 1.29 is 42.8 Å². The Morgan fingerprint density at radius 1 is 1.80 bits per heavy atom. The van der Waals surface area contributed by atoms with E-state index in [1.807, 2.05) is 0 Å². The fourth-order valence-electron chi connectivity index (χ4n) is 0. The summed E-state index contributed by atoms with van der Waals surface area (Å²) in [7, 11) is 5.41. The Bertz CT molecular complexity index is 11.6. The van der Waals surface area contributed by atoms with E-state index >= 15 is 0 Å². The van der Waals surface area contributed by atoms with E-state index in [2.05, 4.69) is 6.92 Å². The van der Waals surface area contributed by atoms with Crippen LogP contribution in [0, 0.1) is 0 Å². The first-order valence-corrected chi connectivity index (χ1v) is 12.1. The van der Waals surface area contributed by atoms with E-state index in [-0.39, 0.29) is 19.5 Å². The van der Waals surface area contributed by atoms with Crippen LogP contribution < -0.4 is 0 Å². The van der Waals surface area contributed by atoms with Gasteiger partial charge in [-0.15, -0.1) is 0 Å². The number of hydrogen-bond acceptors (Lipinski definition) is 0. The van der Waals surface area contributed by atoms with Crippen molar-refractivity contribution in [3.63, 3.8) is 0 Å². The van der Waals surface area contributed by atoms with Gasteiger partial charge in [0.05, 0.1) is 0 Å². The topological polar surface area (TPSA) is 0 Å². The average Bonchev–Trinajstić information content (AvgIpc) is 1.37. The zero-order valence-corrected chi connectivity index (χ0v) is 12.7. The van der Waals surface area contributed by atoms with Crippen LogP contribution in [0.1, 0.15) is 6.92 Å². The van der Waals surface area contributed by atoms with Gasteiger partial charge in [0.15, 0.2) is 0 Å². The molecule has 0 aliphatic heterocycles. The van der Waals surface area contributed by atoms with Gasteiger partial charge in [0.1, 0.15) is 0 Å². The van der Waals surface area contributed by atoms with Crippen molar-refractivity contribution >= 4 is 8.25 Å². The molecule has 0 aliphatic rings. The van der Waals surface area contributed by atoms with E-state index in [1.54, 1.807) is 0 Å². The molecule has 5 heavy (non-hydrogen) atoms. The van der Waals surface area contributed by atoms with E-state index in [9.17, 15) is 0 Å². The van der Waals surface area contributed by atoms with Crippen molar-refractivity contribution in [1.82, 2.24) is 0 Å². The summed E-state index contributed by atoms with van der Waals surface area (Å²) in [6, 6.07) is 0.